The van der Waals surface area contributed by atoms with Crippen LogP contribution in [0.1, 0.15) is 87.3 Å². The molecule has 49 heavy (non-hydrogen) atoms. The molecule has 2 amide bonds. The van der Waals surface area contributed by atoms with Crippen LogP contribution in [-0.4, -0.2) is 63.5 Å². The van der Waals surface area contributed by atoms with Gasteiger partial charge >= 0.3 is 6.18 Å². The summed E-state index contributed by atoms with van der Waals surface area (Å²) in [6.45, 7) is 10.2. The summed E-state index contributed by atoms with van der Waals surface area (Å²) in [6.07, 6.45) is 2.70. The first-order chi connectivity index (χ1) is 23.3. The van der Waals surface area contributed by atoms with E-state index in [9.17, 15) is 22.8 Å². The molecule has 1 aliphatic carbocycles. The van der Waals surface area contributed by atoms with E-state index in [0.29, 0.717) is 28.6 Å². The van der Waals surface area contributed by atoms with Crippen molar-refractivity contribution in [3.05, 3.63) is 65.5 Å². The van der Waals surface area contributed by atoms with Crippen LogP contribution >= 0.6 is 0 Å². The molecule has 3 aliphatic rings. The Kier molecular flexibility index (Phi) is 8.20. The summed E-state index contributed by atoms with van der Waals surface area (Å²) < 4.78 is 43.3. The molecule has 7 rings (SSSR count). The zero-order valence-electron chi connectivity index (χ0n) is 28.5. The van der Waals surface area contributed by atoms with Gasteiger partial charge < -0.3 is 25.0 Å². The topological polar surface area (TPSA) is 95.4 Å². The maximum atomic E-state index is 13.9. The van der Waals surface area contributed by atoms with Crippen LogP contribution in [0.4, 0.5) is 30.4 Å². The molecule has 2 N–H and O–H groups in total. The van der Waals surface area contributed by atoms with Gasteiger partial charge in [-0.1, -0.05) is 18.6 Å². The Morgan fingerprint density at radius 2 is 1.73 bits per heavy atom. The Morgan fingerprint density at radius 3 is 2.41 bits per heavy atom. The van der Waals surface area contributed by atoms with Crippen molar-refractivity contribution in [2.45, 2.75) is 89.5 Å². The number of fused-ring (bicyclic) bond motifs is 2. The van der Waals surface area contributed by atoms with E-state index in [4.69, 9.17) is 4.98 Å². The minimum absolute atomic E-state index is 0.0188. The van der Waals surface area contributed by atoms with Crippen molar-refractivity contribution < 1.29 is 22.8 Å². The number of aromatic nitrogens is 3. The fourth-order valence-corrected chi connectivity index (χ4v) is 7.67. The third kappa shape index (κ3) is 5.73. The van der Waals surface area contributed by atoms with E-state index in [2.05, 4.69) is 20.5 Å². The Hall–Kier alpha value is -4.45. The number of alkyl halides is 3. The van der Waals surface area contributed by atoms with Gasteiger partial charge in [-0.25, -0.2) is 9.97 Å². The summed E-state index contributed by atoms with van der Waals surface area (Å²) in [6, 6.07) is 12.0. The van der Waals surface area contributed by atoms with Crippen LogP contribution in [0, 0.1) is 0 Å². The largest absolute Gasteiger partial charge is 0.417 e. The van der Waals surface area contributed by atoms with Crippen molar-refractivity contribution in [3.63, 3.8) is 0 Å². The maximum Gasteiger partial charge on any atom is 0.417 e. The Morgan fingerprint density at radius 1 is 1.00 bits per heavy atom. The van der Waals surface area contributed by atoms with Gasteiger partial charge in [0.25, 0.3) is 5.91 Å². The molecule has 4 heterocycles. The molecule has 0 unspecified atom stereocenters. The van der Waals surface area contributed by atoms with Crippen molar-refractivity contribution in [1.29, 1.82) is 0 Å². The summed E-state index contributed by atoms with van der Waals surface area (Å²) in [5, 5.41) is 5.51. The predicted octanol–water partition coefficient (Wildman–Crippen LogP) is 7.44. The van der Waals surface area contributed by atoms with Crippen LogP contribution in [0.3, 0.4) is 0 Å². The number of nitrogens with one attached hydrogen (secondary N) is 2. The minimum atomic E-state index is -4.70. The molecule has 0 spiro atoms. The summed E-state index contributed by atoms with van der Waals surface area (Å²) in [7, 11) is 1.29. The number of nitrogens with zero attached hydrogens (tertiary/aromatic N) is 5. The predicted molar refractivity (Wildman–Crippen MR) is 184 cm³/mol. The highest BCUT2D eigenvalue weighted by Gasteiger charge is 2.50. The van der Waals surface area contributed by atoms with Gasteiger partial charge in [0.2, 0.25) is 5.91 Å². The number of amides is 2. The van der Waals surface area contributed by atoms with Crippen molar-refractivity contribution in [2.75, 3.05) is 30.4 Å². The molecule has 0 bridgehead atoms. The molecule has 2 fully saturated rings. The molecule has 258 valence electrons. The number of carbonyl (C=O) groups excluding carboxylic acids is 2. The van der Waals surface area contributed by atoms with Crippen molar-refractivity contribution in [1.82, 2.24) is 24.8 Å². The van der Waals surface area contributed by atoms with Crippen LogP contribution in [0.2, 0.25) is 0 Å². The molecule has 0 radical (unpaired) electrons. The normalized spacial score (nSPS) is 20.8. The fraction of sp³-hybridized carbons (Fsp3) is 0.459. The van der Waals surface area contributed by atoms with Crippen LogP contribution in [-0.2, 0) is 16.4 Å². The van der Waals surface area contributed by atoms with Crippen LogP contribution in [0.5, 0.6) is 0 Å². The number of pyridine rings is 1. The van der Waals surface area contributed by atoms with Gasteiger partial charge in [0.05, 0.1) is 34.1 Å². The first-order valence-electron chi connectivity index (χ1n) is 17.1. The number of piperidine rings is 1. The molecule has 2 aliphatic heterocycles. The van der Waals surface area contributed by atoms with Gasteiger partial charge in [-0.05, 0) is 102 Å². The SMILES string of the molecule is CNC(=O)c1cc(Nc2nc(-c3ccc4c(c3)N([C@H]3C[C@@H](N5CCCCC5)C3)C(=O)C4(C)C)cc3ncn(C(C)C)c23)ccc1C(F)(F)F. The lowest BCUT2D eigenvalue weighted by molar-refractivity contribution is -0.138. The molecule has 1 saturated carbocycles. The van der Waals surface area contributed by atoms with E-state index in [-0.39, 0.29) is 23.7 Å². The molecule has 4 aromatic rings. The van der Waals surface area contributed by atoms with Crippen molar-refractivity contribution >= 4 is 40.0 Å². The molecular formula is C37H42F3N7O2. The van der Waals surface area contributed by atoms with Crippen LogP contribution in [0.15, 0.2) is 48.8 Å². The molecule has 2 aromatic heterocycles. The van der Waals surface area contributed by atoms with E-state index < -0.39 is 28.6 Å². The zero-order valence-corrected chi connectivity index (χ0v) is 28.5. The number of anilines is 3. The quantitative estimate of drug-likeness (QED) is 0.212. The number of benzene rings is 2. The number of imidazole rings is 1. The number of halogens is 3. The average Bonchev–Trinajstić information content (AvgIpc) is 3.57. The lowest BCUT2D eigenvalue weighted by atomic mass is 9.82. The van der Waals surface area contributed by atoms with E-state index >= 15 is 0 Å². The van der Waals surface area contributed by atoms with E-state index in [1.807, 2.05) is 61.4 Å². The molecule has 2 aromatic carbocycles. The van der Waals surface area contributed by atoms with Gasteiger partial charge in [0, 0.05) is 42.1 Å². The minimum Gasteiger partial charge on any atom is -0.355 e. The van der Waals surface area contributed by atoms with Gasteiger partial charge in [-0.3, -0.25) is 9.59 Å². The molecular weight excluding hydrogens is 631 g/mol. The summed E-state index contributed by atoms with van der Waals surface area (Å²) in [5.41, 5.74) is 2.71. The van der Waals surface area contributed by atoms with E-state index in [1.54, 1.807) is 6.33 Å². The average molecular weight is 674 g/mol. The maximum absolute atomic E-state index is 13.9. The van der Waals surface area contributed by atoms with E-state index in [0.717, 1.165) is 48.8 Å². The summed E-state index contributed by atoms with van der Waals surface area (Å²) in [4.78, 5) is 40.7. The highest BCUT2D eigenvalue weighted by Crippen LogP contribution is 2.48. The molecule has 1 saturated heterocycles. The number of hydrogen-bond donors (Lipinski definition) is 2. The second kappa shape index (κ2) is 12.2. The Bertz CT molecular complexity index is 1940. The lowest BCUT2D eigenvalue weighted by Crippen LogP contribution is -2.57. The van der Waals surface area contributed by atoms with Gasteiger partial charge in [0.15, 0.2) is 5.82 Å². The number of carbonyl (C=O) groups is 2. The molecule has 0 atom stereocenters. The van der Waals surface area contributed by atoms with Gasteiger partial charge in [-0.2, -0.15) is 13.2 Å². The summed E-state index contributed by atoms with van der Waals surface area (Å²) >= 11 is 0. The third-order valence-corrected chi connectivity index (χ3v) is 10.5. The van der Waals surface area contributed by atoms with Gasteiger partial charge in [0.1, 0.15) is 5.52 Å². The smallest absolute Gasteiger partial charge is 0.355 e. The Balaban J connectivity index is 1.27. The van der Waals surface area contributed by atoms with Crippen molar-refractivity contribution in [3.8, 4) is 11.3 Å². The highest BCUT2D eigenvalue weighted by molar-refractivity contribution is 6.09. The van der Waals surface area contributed by atoms with Gasteiger partial charge in [-0.15, -0.1) is 0 Å². The second-order valence-electron chi connectivity index (χ2n) is 14.3. The first-order valence-corrected chi connectivity index (χ1v) is 17.1. The van der Waals surface area contributed by atoms with Crippen LogP contribution < -0.4 is 15.5 Å². The molecule has 12 heteroatoms. The number of rotatable bonds is 7. The van der Waals surface area contributed by atoms with Crippen LogP contribution in [0.25, 0.3) is 22.3 Å². The number of likely N-dealkylation sites (tertiary alicyclic amines) is 1. The monoisotopic (exact) mass is 673 g/mol. The fourth-order valence-electron chi connectivity index (χ4n) is 7.67. The second-order valence-corrected chi connectivity index (χ2v) is 14.3. The van der Waals surface area contributed by atoms with E-state index in [1.165, 1.54) is 38.4 Å². The first kappa shape index (κ1) is 33.1. The summed E-state index contributed by atoms with van der Waals surface area (Å²) in [5.74, 6) is -0.347. The number of hydrogen-bond acceptors (Lipinski definition) is 6. The Labute approximate surface area is 283 Å². The highest BCUT2D eigenvalue weighted by atomic mass is 19.4. The molecule has 9 nitrogen and oxygen atoms in total. The standard InChI is InChI=1S/C37H42F3N7O2/c1-21(2)46-20-42-30-19-29(44-33(32(30)46)43-23-10-12-27(37(38,39)40)26(16-23)34(48)41-5)22-9-11-28-31(15-22)47(35(49)36(28,3)4)25-17-24(18-25)45-13-7-6-8-14-45/h9-12,15-16,19-21,24-25H,6-8,13-14,17-18H2,1-5H3,(H,41,48)(H,43,44)/t24-,25+. The lowest BCUT2D eigenvalue weighted by Gasteiger charge is -2.48. The zero-order chi connectivity index (χ0) is 34.8. The third-order valence-electron chi connectivity index (χ3n) is 10.5. The van der Waals surface area contributed by atoms with Crippen molar-refractivity contribution in [2.24, 2.45) is 0 Å².